The molecule has 164 valence electrons. The summed E-state index contributed by atoms with van der Waals surface area (Å²) >= 11 is 1.60. The number of carbonyl (C=O) groups is 1. The molecule has 1 aliphatic heterocycles. The van der Waals surface area contributed by atoms with Crippen molar-refractivity contribution in [3.63, 3.8) is 0 Å². The number of thiophene rings is 1. The number of benzene rings is 1. The fraction of sp³-hybridized carbons (Fsp3) is 0.417. The number of aromatic nitrogens is 1. The summed E-state index contributed by atoms with van der Waals surface area (Å²) < 4.78 is 6.26. The molecule has 1 aromatic carbocycles. The average Bonchev–Trinajstić information content (AvgIpc) is 3.38. The molecule has 4 rings (SSSR count). The monoisotopic (exact) mass is 438 g/mol. The molecule has 0 radical (unpaired) electrons. The zero-order chi connectivity index (χ0) is 21.8. The maximum atomic E-state index is 13.0. The number of likely N-dealkylation sites (tertiary alicyclic amines) is 1. The summed E-state index contributed by atoms with van der Waals surface area (Å²) in [6.07, 6.45) is 2.90. The van der Waals surface area contributed by atoms with Crippen LogP contribution in [0.1, 0.15) is 33.1 Å². The summed E-state index contributed by atoms with van der Waals surface area (Å²) in [4.78, 5) is 22.9. The molecule has 1 amide bonds. The summed E-state index contributed by atoms with van der Waals surface area (Å²) in [5.41, 5.74) is 2.44. The van der Waals surface area contributed by atoms with E-state index >= 15 is 0 Å². The van der Waals surface area contributed by atoms with Gasteiger partial charge in [0.1, 0.15) is 5.82 Å². The van der Waals surface area contributed by atoms with Gasteiger partial charge in [0.2, 0.25) is 0 Å². The lowest BCUT2D eigenvalue weighted by Gasteiger charge is -2.21. The van der Waals surface area contributed by atoms with Crippen LogP contribution in [0.2, 0.25) is 0 Å². The molecular formula is C24H30N4O2S. The van der Waals surface area contributed by atoms with E-state index in [1.807, 2.05) is 32.4 Å². The van der Waals surface area contributed by atoms with Gasteiger partial charge in [-0.25, -0.2) is 4.98 Å². The second kappa shape index (κ2) is 9.77. The van der Waals surface area contributed by atoms with E-state index in [-0.39, 0.29) is 5.91 Å². The topological polar surface area (TPSA) is 57.7 Å². The summed E-state index contributed by atoms with van der Waals surface area (Å²) in [6, 6.07) is 12.5. The van der Waals surface area contributed by atoms with Crippen molar-refractivity contribution in [2.45, 2.75) is 18.9 Å². The first-order valence-electron chi connectivity index (χ1n) is 10.7. The van der Waals surface area contributed by atoms with Gasteiger partial charge < -0.3 is 15.0 Å². The van der Waals surface area contributed by atoms with Gasteiger partial charge in [0.05, 0.1) is 11.5 Å². The molecule has 3 heterocycles. The molecule has 7 heteroatoms. The van der Waals surface area contributed by atoms with Crippen LogP contribution in [-0.4, -0.2) is 63.2 Å². The molecule has 6 nitrogen and oxygen atoms in total. The Bertz CT molecular complexity index is 1050. The smallest absolute Gasteiger partial charge is 0.261 e. The number of carbonyl (C=O) groups excluding carboxylic acids is 1. The number of methoxy groups -OCH3 is 1. The molecule has 3 aromatic rings. The van der Waals surface area contributed by atoms with Crippen LogP contribution in [0.5, 0.6) is 0 Å². The van der Waals surface area contributed by atoms with Crippen LogP contribution in [0.15, 0.2) is 42.6 Å². The molecule has 1 atom stereocenters. The van der Waals surface area contributed by atoms with Crippen molar-refractivity contribution in [1.82, 2.24) is 15.2 Å². The van der Waals surface area contributed by atoms with Crippen molar-refractivity contribution in [3.05, 3.63) is 58.6 Å². The maximum Gasteiger partial charge on any atom is 0.261 e. The maximum absolute atomic E-state index is 13.0. The second-order valence-corrected chi connectivity index (χ2v) is 9.24. The highest BCUT2D eigenvalue weighted by molar-refractivity contribution is 7.21. The molecule has 2 aromatic heterocycles. The molecule has 0 aliphatic carbocycles. The van der Waals surface area contributed by atoms with Gasteiger partial charge in [-0.1, -0.05) is 24.3 Å². The highest BCUT2D eigenvalue weighted by Crippen LogP contribution is 2.40. The van der Waals surface area contributed by atoms with Crippen molar-refractivity contribution < 1.29 is 9.53 Å². The van der Waals surface area contributed by atoms with Crippen LogP contribution >= 0.6 is 11.3 Å². The Morgan fingerprint density at radius 1 is 1.29 bits per heavy atom. The minimum atomic E-state index is 0.00820. The number of ether oxygens (including phenoxy) is 1. The number of hydrogen-bond donors (Lipinski definition) is 1. The fourth-order valence-corrected chi connectivity index (χ4v) is 5.60. The molecule has 1 N–H and O–H groups in total. The van der Waals surface area contributed by atoms with Crippen molar-refractivity contribution in [2.24, 2.45) is 0 Å². The molecule has 1 aliphatic rings. The lowest BCUT2D eigenvalue weighted by atomic mass is 9.95. The van der Waals surface area contributed by atoms with Gasteiger partial charge in [-0.05, 0) is 36.0 Å². The third-order valence-electron chi connectivity index (χ3n) is 5.80. The van der Waals surface area contributed by atoms with E-state index < -0.39 is 0 Å². The summed E-state index contributed by atoms with van der Waals surface area (Å²) in [5, 5.41) is 4.23. The van der Waals surface area contributed by atoms with Crippen molar-refractivity contribution >= 4 is 33.1 Å². The SMILES string of the molecule is COCCNC(=O)c1sc2ccccc2c1C1CCN(Cc2cccnc2N(C)C)C1. The Morgan fingerprint density at radius 3 is 2.94 bits per heavy atom. The van der Waals surface area contributed by atoms with Crippen molar-refractivity contribution in [2.75, 3.05) is 52.3 Å². The van der Waals surface area contributed by atoms with E-state index in [2.05, 4.69) is 44.4 Å². The first-order valence-corrected chi connectivity index (χ1v) is 11.5. The minimum Gasteiger partial charge on any atom is -0.383 e. The quantitative estimate of drug-likeness (QED) is 0.543. The minimum absolute atomic E-state index is 0.00820. The zero-order valence-electron chi connectivity index (χ0n) is 18.4. The predicted molar refractivity (Wildman–Crippen MR) is 127 cm³/mol. The van der Waals surface area contributed by atoms with Crippen LogP contribution in [-0.2, 0) is 11.3 Å². The Kier molecular flexibility index (Phi) is 6.85. The third-order valence-corrected chi connectivity index (χ3v) is 6.98. The molecule has 0 bridgehead atoms. The molecule has 1 unspecified atom stereocenters. The Hall–Kier alpha value is -2.48. The fourth-order valence-electron chi connectivity index (χ4n) is 4.40. The summed E-state index contributed by atoms with van der Waals surface area (Å²) in [6.45, 7) is 3.87. The van der Waals surface area contributed by atoms with Crippen LogP contribution in [0.4, 0.5) is 5.82 Å². The summed E-state index contributed by atoms with van der Waals surface area (Å²) in [5.74, 6) is 1.37. The Morgan fingerprint density at radius 2 is 2.13 bits per heavy atom. The van der Waals surface area contributed by atoms with E-state index in [0.717, 1.165) is 36.8 Å². The van der Waals surface area contributed by atoms with Crippen LogP contribution in [0.3, 0.4) is 0 Å². The van der Waals surface area contributed by atoms with Gasteiger partial charge in [0.25, 0.3) is 5.91 Å². The molecule has 1 saturated heterocycles. The summed E-state index contributed by atoms with van der Waals surface area (Å²) in [7, 11) is 5.71. The van der Waals surface area contributed by atoms with Gasteiger partial charge in [-0.2, -0.15) is 0 Å². The number of pyridine rings is 1. The van der Waals surface area contributed by atoms with Crippen LogP contribution < -0.4 is 10.2 Å². The van der Waals surface area contributed by atoms with Crippen molar-refractivity contribution in [3.8, 4) is 0 Å². The van der Waals surface area contributed by atoms with E-state index in [0.29, 0.717) is 19.1 Å². The van der Waals surface area contributed by atoms with Gasteiger partial charge in [0.15, 0.2) is 0 Å². The lowest BCUT2D eigenvalue weighted by Crippen LogP contribution is -2.27. The Labute approximate surface area is 187 Å². The highest BCUT2D eigenvalue weighted by atomic mass is 32.1. The van der Waals surface area contributed by atoms with Crippen molar-refractivity contribution in [1.29, 1.82) is 0 Å². The number of rotatable bonds is 8. The first-order chi connectivity index (χ1) is 15.1. The number of nitrogens with zero attached hydrogens (tertiary/aromatic N) is 3. The van der Waals surface area contributed by atoms with Gasteiger partial charge in [0, 0.05) is 63.2 Å². The average molecular weight is 439 g/mol. The molecule has 0 saturated carbocycles. The van der Waals surface area contributed by atoms with E-state index in [9.17, 15) is 4.79 Å². The first kappa shape index (κ1) is 21.7. The van der Waals surface area contributed by atoms with Gasteiger partial charge in [-0.3, -0.25) is 9.69 Å². The molecule has 0 spiro atoms. The highest BCUT2D eigenvalue weighted by Gasteiger charge is 2.31. The van der Waals surface area contributed by atoms with E-state index in [4.69, 9.17) is 4.74 Å². The number of anilines is 1. The van der Waals surface area contributed by atoms with Crippen LogP contribution in [0.25, 0.3) is 10.1 Å². The lowest BCUT2D eigenvalue weighted by molar-refractivity contribution is 0.0940. The molecule has 31 heavy (non-hydrogen) atoms. The number of hydrogen-bond acceptors (Lipinski definition) is 6. The molecular weight excluding hydrogens is 408 g/mol. The van der Waals surface area contributed by atoms with Gasteiger partial charge in [-0.15, -0.1) is 11.3 Å². The normalized spacial score (nSPS) is 16.7. The Balaban J connectivity index is 1.57. The predicted octanol–water partition coefficient (Wildman–Crippen LogP) is 3.73. The number of fused-ring (bicyclic) bond motifs is 1. The third kappa shape index (κ3) is 4.74. The van der Waals surface area contributed by atoms with E-state index in [1.165, 1.54) is 21.2 Å². The van der Waals surface area contributed by atoms with E-state index in [1.54, 1.807) is 18.4 Å². The number of nitrogens with one attached hydrogen (secondary N) is 1. The zero-order valence-corrected chi connectivity index (χ0v) is 19.2. The standard InChI is InChI=1S/C24H30N4O2S/c1-27(2)23-18(7-6-11-25-23)16-28-13-10-17(15-28)21-19-8-4-5-9-20(19)31-22(21)24(29)26-12-14-30-3/h4-9,11,17H,10,12-16H2,1-3H3,(H,26,29). The largest absolute Gasteiger partial charge is 0.383 e. The number of amides is 1. The molecule has 1 fully saturated rings. The van der Waals surface area contributed by atoms with Gasteiger partial charge >= 0.3 is 0 Å². The van der Waals surface area contributed by atoms with Crippen LogP contribution in [0, 0.1) is 0 Å². The second-order valence-electron chi connectivity index (χ2n) is 8.19.